The van der Waals surface area contributed by atoms with Gasteiger partial charge in [0.2, 0.25) is 11.8 Å². The number of hydrogen-bond donors (Lipinski definition) is 3. The second-order valence-corrected chi connectivity index (χ2v) is 6.48. The average Bonchev–Trinajstić information content (AvgIpc) is 2.91. The smallest absolute Gasteiger partial charge is 0.252 e. The number of imide groups is 1. The second kappa shape index (κ2) is 7.54. The number of carbonyl (C=O) groups excluding carboxylic acids is 3. The lowest BCUT2D eigenvalue weighted by Gasteiger charge is -2.32. The summed E-state index contributed by atoms with van der Waals surface area (Å²) in [6, 6.07) is 0. The Hall–Kier alpha value is -1.43. The molecule has 0 aromatic rings. The number of rotatable bonds is 6. The first kappa shape index (κ1) is 17.6. The van der Waals surface area contributed by atoms with Crippen molar-refractivity contribution in [1.29, 1.82) is 0 Å². The average molecular weight is 297 g/mol. The van der Waals surface area contributed by atoms with Crippen molar-refractivity contribution in [2.45, 2.75) is 58.4 Å². The first-order valence-electron chi connectivity index (χ1n) is 7.65. The van der Waals surface area contributed by atoms with Crippen LogP contribution in [0.15, 0.2) is 0 Å². The molecule has 1 rings (SSSR count). The van der Waals surface area contributed by atoms with E-state index in [1.165, 1.54) is 0 Å². The fraction of sp³-hybridized carbons (Fsp3) is 0.800. The van der Waals surface area contributed by atoms with Gasteiger partial charge >= 0.3 is 0 Å². The van der Waals surface area contributed by atoms with E-state index in [1.54, 1.807) is 6.92 Å². The maximum absolute atomic E-state index is 12.3. The van der Waals surface area contributed by atoms with E-state index in [2.05, 4.69) is 10.6 Å². The fourth-order valence-electron chi connectivity index (χ4n) is 2.89. The maximum Gasteiger partial charge on any atom is 0.252 e. The summed E-state index contributed by atoms with van der Waals surface area (Å²) in [5.74, 6) is -0.929. The molecule has 1 saturated carbocycles. The third-order valence-corrected chi connectivity index (χ3v) is 3.88. The quantitative estimate of drug-likeness (QED) is 0.671. The van der Waals surface area contributed by atoms with Crippen LogP contribution < -0.4 is 16.4 Å². The van der Waals surface area contributed by atoms with Crippen molar-refractivity contribution in [3.63, 3.8) is 0 Å². The molecular weight excluding hydrogens is 270 g/mol. The van der Waals surface area contributed by atoms with Crippen LogP contribution in [0.4, 0.5) is 0 Å². The van der Waals surface area contributed by atoms with Crippen LogP contribution in [0.1, 0.15) is 52.9 Å². The third kappa shape index (κ3) is 5.12. The lowest BCUT2D eigenvalue weighted by molar-refractivity contribution is -0.138. The van der Waals surface area contributed by atoms with Crippen LogP contribution in [0.25, 0.3) is 0 Å². The standard InChI is InChI=1S/C15H27N3O3/c1-10(2)8-15(3,14(21)17-12(19)9-16)18-13(20)11-6-4-5-7-11/h10-11H,4-9,16H2,1-3H3,(H,18,20)(H,17,19,21)/t15-/m1/s1. The zero-order valence-corrected chi connectivity index (χ0v) is 13.2. The molecule has 21 heavy (non-hydrogen) atoms. The molecule has 0 aromatic heterocycles. The first-order valence-corrected chi connectivity index (χ1v) is 7.65. The Balaban J connectivity index is 2.78. The Morgan fingerprint density at radius 1 is 1.24 bits per heavy atom. The minimum absolute atomic E-state index is 0.0190. The summed E-state index contributed by atoms with van der Waals surface area (Å²) in [5, 5.41) is 5.11. The molecule has 6 heteroatoms. The molecule has 0 unspecified atom stereocenters. The number of nitrogens with two attached hydrogens (primary N) is 1. The normalized spacial score (nSPS) is 18.3. The van der Waals surface area contributed by atoms with Gasteiger partial charge in [-0.25, -0.2) is 0 Å². The Labute approximate surface area is 126 Å². The summed E-state index contributed by atoms with van der Waals surface area (Å²) in [5.41, 5.74) is 4.13. The SMILES string of the molecule is CC(C)C[C@@](C)(NC(=O)C1CCCC1)C(=O)NC(=O)CN. The van der Waals surface area contributed by atoms with E-state index in [0.29, 0.717) is 6.42 Å². The fourth-order valence-corrected chi connectivity index (χ4v) is 2.89. The monoisotopic (exact) mass is 297 g/mol. The topological polar surface area (TPSA) is 101 Å². The van der Waals surface area contributed by atoms with Gasteiger partial charge in [0, 0.05) is 5.92 Å². The molecule has 0 aromatic carbocycles. The highest BCUT2D eigenvalue weighted by Crippen LogP contribution is 2.26. The summed E-state index contributed by atoms with van der Waals surface area (Å²) in [7, 11) is 0. The van der Waals surface area contributed by atoms with Crippen molar-refractivity contribution >= 4 is 17.7 Å². The summed E-state index contributed by atoms with van der Waals surface area (Å²) in [4.78, 5) is 35.9. The Morgan fingerprint density at radius 2 is 1.81 bits per heavy atom. The van der Waals surface area contributed by atoms with Crippen LogP contribution in [0.5, 0.6) is 0 Å². The van der Waals surface area contributed by atoms with E-state index >= 15 is 0 Å². The number of nitrogens with one attached hydrogen (secondary N) is 2. The van der Waals surface area contributed by atoms with Gasteiger partial charge in [-0.3, -0.25) is 19.7 Å². The Morgan fingerprint density at radius 3 is 2.29 bits per heavy atom. The molecule has 1 aliphatic carbocycles. The Kier molecular flexibility index (Phi) is 6.33. The molecule has 0 saturated heterocycles. The lowest BCUT2D eigenvalue weighted by atomic mass is 9.88. The second-order valence-electron chi connectivity index (χ2n) is 6.48. The summed E-state index contributed by atoms with van der Waals surface area (Å²) >= 11 is 0. The minimum atomic E-state index is -1.08. The molecule has 1 aliphatic rings. The minimum Gasteiger partial charge on any atom is -0.342 e. The highest BCUT2D eigenvalue weighted by molar-refractivity contribution is 6.02. The highest BCUT2D eigenvalue weighted by Gasteiger charge is 2.38. The summed E-state index contributed by atoms with van der Waals surface area (Å²) < 4.78 is 0. The van der Waals surface area contributed by atoms with Gasteiger partial charge in [0.25, 0.3) is 5.91 Å². The summed E-state index contributed by atoms with van der Waals surface area (Å²) in [6.45, 7) is 5.36. The van der Waals surface area contributed by atoms with Crippen molar-refractivity contribution in [1.82, 2.24) is 10.6 Å². The van der Waals surface area contributed by atoms with Crippen molar-refractivity contribution in [2.24, 2.45) is 17.6 Å². The van der Waals surface area contributed by atoms with Crippen LogP contribution in [-0.2, 0) is 14.4 Å². The van der Waals surface area contributed by atoms with Crippen LogP contribution in [0.3, 0.4) is 0 Å². The van der Waals surface area contributed by atoms with Gasteiger partial charge < -0.3 is 11.1 Å². The molecule has 0 radical (unpaired) electrons. The maximum atomic E-state index is 12.3. The van der Waals surface area contributed by atoms with Gasteiger partial charge in [-0.05, 0) is 32.1 Å². The molecule has 4 N–H and O–H groups in total. The van der Waals surface area contributed by atoms with Crippen LogP contribution in [0, 0.1) is 11.8 Å². The molecule has 0 spiro atoms. The molecule has 3 amide bonds. The Bertz CT molecular complexity index is 403. The van der Waals surface area contributed by atoms with Gasteiger partial charge in [-0.15, -0.1) is 0 Å². The third-order valence-electron chi connectivity index (χ3n) is 3.88. The van der Waals surface area contributed by atoms with Crippen molar-refractivity contribution < 1.29 is 14.4 Å². The largest absolute Gasteiger partial charge is 0.342 e. The molecular formula is C15H27N3O3. The molecule has 1 fully saturated rings. The van der Waals surface area contributed by atoms with E-state index in [9.17, 15) is 14.4 Å². The van der Waals surface area contributed by atoms with E-state index in [1.807, 2.05) is 13.8 Å². The van der Waals surface area contributed by atoms with Crippen LogP contribution in [0.2, 0.25) is 0 Å². The van der Waals surface area contributed by atoms with Gasteiger partial charge in [-0.1, -0.05) is 26.7 Å². The molecule has 6 nitrogen and oxygen atoms in total. The number of carbonyl (C=O) groups is 3. The predicted octanol–water partition coefficient (Wildman–Crippen LogP) is 0.699. The first-order chi connectivity index (χ1) is 9.78. The van der Waals surface area contributed by atoms with E-state index < -0.39 is 17.4 Å². The highest BCUT2D eigenvalue weighted by atomic mass is 16.2. The molecule has 120 valence electrons. The van der Waals surface area contributed by atoms with Gasteiger partial charge in [0.15, 0.2) is 0 Å². The van der Waals surface area contributed by atoms with E-state index in [4.69, 9.17) is 5.73 Å². The van der Waals surface area contributed by atoms with Crippen molar-refractivity contribution in [2.75, 3.05) is 6.54 Å². The van der Waals surface area contributed by atoms with E-state index in [0.717, 1.165) is 25.7 Å². The van der Waals surface area contributed by atoms with Crippen molar-refractivity contribution in [3.05, 3.63) is 0 Å². The molecule has 0 bridgehead atoms. The van der Waals surface area contributed by atoms with Crippen LogP contribution in [-0.4, -0.2) is 29.8 Å². The van der Waals surface area contributed by atoms with Crippen molar-refractivity contribution in [3.8, 4) is 0 Å². The van der Waals surface area contributed by atoms with Gasteiger partial charge in [0.1, 0.15) is 5.54 Å². The summed E-state index contributed by atoms with van der Waals surface area (Å²) in [6.07, 6.45) is 4.31. The molecule has 1 atom stereocenters. The van der Waals surface area contributed by atoms with Gasteiger partial charge in [0.05, 0.1) is 6.54 Å². The zero-order valence-electron chi connectivity index (χ0n) is 13.2. The molecule has 0 aliphatic heterocycles. The zero-order chi connectivity index (χ0) is 16.0. The number of hydrogen-bond acceptors (Lipinski definition) is 4. The molecule has 0 heterocycles. The van der Waals surface area contributed by atoms with Crippen LogP contribution >= 0.6 is 0 Å². The number of amides is 3. The lowest BCUT2D eigenvalue weighted by Crippen LogP contribution is -2.59. The van der Waals surface area contributed by atoms with Gasteiger partial charge in [-0.2, -0.15) is 0 Å². The van der Waals surface area contributed by atoms with E-state index in [-0.39, 0.29) is 24.3 Å². The predicted molar refractivity (Wildman–Crippen MR) is 80.2 cm³/mol.